The largest absolute Gasteiger partial charge is 0.321 e. The van der Waals surface area contributed by atoms with E-state index < -0.39 is 33.3 Å². The van der Waals surface area contributed by atoms with Crippen molar-refractivity contribution in [3.05, 3.63) is 59.2 Å². The van der Waals surface area contributed by atoms with Crippen molar-refractivity contribution in [3.8, 4) is 0 Å². The molecule has 0 atom stereocenters. The molecular formula is C18H20F2N2O3S. The first-order valence-corrected chi connectivity index (χ1v) is 9.74. The number of halogens is 2. The lowest BCUT2D eigenvalue weighted by atomic mass is 10.1. The summed E-state index contributed by atoms with van der Waals surface area (Å²) in [4.78, 5) is 12.1. The molecule has 0 unspecified atom stereocenters. The summed E-state index contributed by atoms with van der Waals surface area (Å²) >= 11 is 0. The molecule has 0 saturated carbocycles. The second-order valence-electron chi connectivity index (χ2n) is 5.97. The summed E-state index contributed by atoms with van der Waals surface area (Å²) in [5.74, 6) is -2.48. The van der Waals surface area contributed by atoms with E-state index >= 15 is 0 Å². The number of nitrogens with zero attached hydrogens (tertiary/aromatic N) is 1. The average molecular weight is 382 g/mol. The number of para-hydroxylation sites is 2. The fraction of sp³-hybridized carbons (Fsp3) is 0.278. The van der Waals surface area contributed by atoms with Crippen molar-refractivity contribution < 1.29 is 22.0 Å². The predicted octanol–water partition coefficient (Wildman–Crippen LogP) is 3.38. The smallest absolute Gasteiger partial charge is 0.232 e. The van der Waals surface area contributed by atoms with E-state index in [9.17, 15) is 22.0 Å². The number of aryl methyl sites for hydroxylation is 2. The van der Waals surface area contributed by atoms with Crippen LogP contribution in [0.4, 0.5) is 20.2 Å². The molecule has 8 heteroatoms. The molecule has 0 spiro atoms. The zero-order valence-electron chi connectivity index (χ0n) is 14.7. The standard InChI is InChI=1S/C18H20F2N2O3S/c1-12-6-4-7-13(2)18(12)22(26(3,24)25)11-10-16(23)21-17-14(19)8-5-9-15(17)20/h4-9H,10-11H2,1-3H3,(H,21,23). The predicted molar refractivity (Wildman–Crippen MR) is 97.7 cm³/mol. The van der Waals surface area contributed by atoms with Gasteiger partial charge in [-0.25, -0.2) is 17.2 Å². The minimum absolute atomic E-state index is 0.146. The van der Waals surface area contributed by atoms with E-state index in [1.54, 1.807) is 26.0 Å². The molecule has 0 aromatic heterocycles. The SMILES string of the molecule is Cc1cccc(C)c1N(CCC(=O)Nc1c(F)cccc1F)S(C)(=O)=O. The van der Waals surface area contributed by atoms with Gasteiger partial charge in [-0.3, -0.25) is 9.10 Å². The Bertz CT molecular complexity index is 890. The van der Waals surface area contributed by atoms with Crippen LogP contribution in [0.2, 0.25) is 0 Å². The minimum atomic E-state index is -3.64. The highest BCUT2D eigenvalue weighted by atomic mass is 32.2. The van der Waals surface area contributed by atoms with Crippen molar-refractivity contribution in [1.82, 2.24) is 0 Å². The molecule has 0 saturated heterocycles. The molecule has 140 valence electrons. The van der Waals surface area contributed by atoms with E-state index in [1.807, 2.05) is 6.07 Å². The number of carbonyl (C=O) groups is 1. The molecule has 1 amide bonds. The van der Waals surface area contributed by atoms with Crippen molar-refractivity contribution in [3.63, 3.8) is 0 Å². The third kappa shape index (κ3) is 4.57. The highest BCUT2D eigenvalue weighted by molar-refractivity contribution is 7.92. The number of carbonyl (C=O) groups excluding carboxylic acids is 1. The van der Waals surface area contributed by atoms with Gasteiger partial charge >= 0.3 is 0 Å². The van der Waals surface area contributed by atoms with Gasteiger partial charge in [0.15, 0.2) is 0 Å². The third-order valence-electron chi connectivity index (χ3n) is 3.86. The van der Waals surface area contributed by atoms with Crippen LogP contribution >= 0.6 is 0 Å². The molecular weight excluding hydrogens is 362 g/mol. The molecule has 0 heterocycles. The van der Waals surface area contributed by atoms with Crippen LogP contribution in [0.15, 0.2) is 36.4 Å². The number of hydrogen-bond donors (Lipinski definition) is 1. The Labute approximate surface area is 151 Å². The molecule has 0 radical (unpaired) electrons. The monoisotopic (exact) mass is 382 g/mol. The minimum Gasteiger partial charge on any atom is -0.321 e. The molecule has 1 N–H and O–H groups in total. The zero-order chi connectivity index (χ0) is 19.5. The summed E-state index contributed by atoms with van der Waals surface area (Å²) in [5.41, 5.74) is 1.45. The van der Waals surface area contributed by atoms with Crippen LogP contribution in [0.5, 0.6) is 0 Å². The number of rotatable bonds is 6. The Hall–Kier alpha value is -2.48. The van der Waals surface area contributed by atoms with Crippen molar-refractivity contribution in [2.75, 3.05) is 22.4 Å². The van der Waals surface area contributed by atoms with Crippen LogP contribution in [0, 0.1) is 25.5 Å². The fourth-order valence-electron chi connectivity index (χ4n) is 2.66. The maximum atomic E-state index is 13.6. The Balaban J connectivity index is 2.20. The van der Waals surface area contributed by atoms with Crippen LogP contribution in [0.3, 0.4) is 0 Å². The van der Waals surface area contributed by atoms with Gasteiger partial charge in [-0.15, -0.1) is 0 Å². The van der Waals surface area contributed by atoms with Crippen molar-refractivity contribution >= 4 is 27.3 Å². The highest BCUT2D eigenvalue weighted by Crippen LogP contribution is 2.27. The fourth-order valence-corrected chi connectivity index (χ4v) is 3.71. The Morgan fingerprint density at radius 3 is 2.04 bits per heavy atom. The quantitative estimate of drug-likeness (QED) is 0.833. The zero-order valence-corrected chi connectivity index (χ0v) is 15.5. The van der Waals surface area contributed by atoms with Crippen LogP contribution < -0.4 is 9.62 Å². The summed E-state index contributed by atoms with van der Waals surface area (Å²) in [7, 11) is -3.64. The van der Waals surface area contributed by atoms with Gasteiger partial charge in [0, 0.05) is 13.0 Å². The van der Waals surface area contributed by atoms with Crippen molar-refractivity contribution in [2.24, 2.45) is 0 Å². The van der Waals surface area contributed by atoms with E-state index in [1.165, 1.54) is 6.07 Å². The first kappa shape index (κ1) is 19.8. The second-order valence-corrected chi connectivity index (χ2v) is 7.88. The van der Waals surface area contributed by atoms with Gasteiger partial charge in [-0.05, 0) is 37.1 Å². The van der Waals surface area contributed by atoms with Crippen LogP contribution in [-0.2, 0) is 14.8 Å². The van der Waals surface area contributed by atoms with Gasteiger partial charge in [0.25, 0.3) is 0 Å². The highest BCUT2D eigenvalue weighted by Gasteiger charge is 2.22. The number of nitrogens with one attached hydrogen (secondary N) is 1. The number of sulfonamides is 1. The molecule has 0 aliphatic carbocycles. The van der Waals surface area contributed by atoms with Gasteiger partial charge < -0.3 is 5.32 Å². The lowest BCUT2D eigenvalue weighted by molar-refractivity contribution is -0.116. The normalized spacial score (nSPS) is 11.3. The first-order chi connectivity index (χ1) is 12.1. The molecule has 2 rings (SSSR count). The van der Waals surface area contributed by atoms with Crippen LogP contribution in [0.25, 0.3) is 0 Å². The molecule has 5 nitrogen and oxygen atoms in total. The van der Waals surface area contributed by atoms with E-state index in [-0.39, 0.29) is 13.0 Å². The molecule has 0 aliphatic rings. The topological polar surface area (TPSA) is 66.5 Å². The summed E-state index contributed by atoms with van der Waals surface area (Å²) in [5, 5.41) is 2.16. The molecule has 26 heavy (non-hydrogen) atoms. The summed E-state index contributed by atoms with van der Waals surface area (Å²) in [6.45, 7) is 3.40. The molecule has 2 aromatic rings. The van der Waals surface area contributed by atoms with Gasteiger partial charge in [-0.1, -0.05) is 24.3 Å². The molecule has 0 bridgehead atoms. The summed E-state index contributed by atoms with van der Waals surface area (Å²) < 4.78 is 52.7. The van der Waals surface area contributed by atoms with Crippen molar-refractivity contribution in [2.45, 2.75) is 20.3 Å². The average Bonchev–Trinajstić information content (AvgIpc) is 2.52. The number of anilines is 2. The lowest BCUT2D eigenvalue weighted by Crippen LogP contribution is -2.34. The van der Waals surface area contributed by atoms with E-state index in [0.29, 0.717) is 5.69 Å². The number of benzene rings is 2. The Kier molecular flexibility index (Phi) is 5.97. The van der Waals surface area contributed by atoms with E-state index in [4.69, 9.17) is 0 Å². The molecule has 0 fully saturated rings. The Morgan fingerprint density at radius 2 is 1.54 bits per heavy atom. The lowest BCUT2D eigenvalue weighted by Gasteiger charge is -2.25. The molecule has 0 aliphatic heterocycles. The van der Waals surface area contributed by atoms with Gasteiger partial charge in [0.2, 0.25) is 15.9 Å². The third-order valence-corrected chi connectivity index (χ3v) is 5.02. The summed E-state index contributed by atoms with van der Waals surface area (Å²) in [6, 6.07) is 8.59. The Morgan fingerprint density at radius 1 is 1.04 bits per heavy atom. The second kappa shape index (κ2) is 7.82. The van der Waals surface area contributed by atoms with Crippen LogP contribution in [-0.4, -0.2) is 27.1 Å². The number of amides is 1. The van der Waals surface area contributed by atoms with Gasteiger partial charge in [-0.2, -0.15) is 0 Å². The molecule has 2 aromatic carbocycles. The first-order valence-electron chi connectivity index (χ1n) is 7.89. The van der Waals surface area contributed by atoms with E-state index in [2.05, 4.69) is 5.32 Å². The summed E-state index contributed by atoms with van der Waals surface area (Å²) in [6.07, 6.45) is 0.794. The van der Waals surface area contributed by atoms with Crippen LogP contribution in [0.1, 0.15) is 17.5 Å². The maximum Gasteiger partial charge on any atom is 0.232 e. The number of hydrogen-bond acceptors (Lipinski definition) is 3. The van der Waals surface area contributed by atoms with Crippen molar-refractivity contribution in [1.29, 1.82) is 0 Å². The maximum absolute atomic E-state index is 13.6. The van der Waals surface area contributed by atoms with Gasteiger partial charge in [0.05, 0.1) is 11.9 Å². The van der Waals surface area contributed by atoms with Gasteiger partial charge in [0.1, 0.15) is 17.3 Å². The van der Waals surface area contributed by atoms with E-state index in [0.717, 1.165) is 33.8 Å².